The lowest BCUT2D eigenvalue weighted by molar-refractivity contribution is 0.621. The van der Waals surface area contributed by atoms with Gasteiger partial charge in [0.1, 0.15) is 5.82 Å². The van der Waals surface area contributed by atoms with Crippen LogP contribution in [-0.4, -0.2) is 23.6 Å². The number of halogens is 1. The third kappa shape index (κ3) is 3.18. The molecule has 1 aliphatic heterocycles. The van der Waals surface area contributed by atoms with E-state index in [4.69, 9.17) is 5.73 Å². The normalized spacial score (nSPS) is 19.7. The average Bonchev–Trinajstić information content (AvgIpc) is 2.50. The molecular weight excluding hydrogens is 247 g/mol. The van der Waals surface area contributed by atoms with Gasteiger partial charge in [-0.2, -0.15) is 11.8 Å². The van der Waals surface area contributed by atoms with E-state index in [0.717, 1.165) is 36.5 Å². The third-order valence-corrected chi connectivity index (χ3v) is 4.81. The van der Waals surface area contributed by atoms with Gasteiger partial charge in [-0.25, -0.2) is 4.39 Å². The zero-order chi connectivity index (χ0) is 13.2. The Bertz CT molecular complexity index is 420. The summed E-state index contributed by atoms with van der Waals surface area (Å²) in [4.78, 5) is 2.34. The van der Waals surface area contributed by atoms with Crippen molar-refractivity contribution in [2.24, 2.45) is 5.73 Å². The zero-order valence-corrected chi connectivity index (χ0v) is 11.9. The molecule has 0 saturated carbocycles. The lowest BCUT2D eigenvalue weighted by Gasteiger charge is -2.26. The van der Waals surface area contributed by atoms with Gasteiger partial charge in [0.15, 0.2) is 0 Å². The molecule has 2 nitrogen and oxygen atoms in total. The Morgan fingerprint density at radius 2 is 2.17 bits per heavy atom. The molecule has 1 saturated heterocycles. The van der Waals surface area contributed by atoms with Crippen molar-refractivity contribution in [3.05, 3.63) is 29.6 Å². The summed E-state index contributed by atoms with van der Waals surface area (Å²) in [5.41, 5.74) is 7.72. The van der Waals surface area contributed by atoms with Crippen molar-refractivity contribution < 1.29 is 4.39 Å². The Morgan fingerprint density at radius 3 is 2.89 bits per heavy atom. The molecule has 1 aromatic carbocycles. The van der Waals surface area contributed by atoms with E-state index in [1.807, 2.05) is 17.8 Å². The Morgan fingerprint density at radius 1 is 1.39 bits per heavy atom. The molecule has 1 fully saturated rings. The minimum atomic E-state index is -0.205. The lowest BCUT2D eigenvalue weighted by atomic mass is 10.1. The smallest absolute Gasteiger partial charge is 0.123 e. The molecule has 4 heteroatoms. The van der Waals surface area contributed by atoms with Crippen LogP contribution in [-0.2, 0) is 6.54 Å². The van der Waals surface area contributed by atoms with E-state index in [0.29, 0.717) is 11.3 Å². The second-order valence-electron chi connectivity index (χ2n) is 5.32. The summed E-state index contributed by atoms with van der Waals surface area (Å²) in [6, 6.07) is 4.94. The van der Waals surface area contributed by atoms with Crippen LogP contribution in [0.4, 0.5) is 10.1 Å². The van der Waals surface area contributed by atoms with Crippen LogP contribution in [0.3, 0.4) is 0 Å². The van der Waals surface area contributed by atoms with Crippen LogP contribution in [0.1, 0.15) is 25.8 Å². The van der Waals surface area contributed by atoms with Crippen molar-refractivity contribution in [2.45, 2.75) is 31.6 Å². The van der Waals surface area contributed by atoms with Gasteiger partial charge in [0.05, 0.1) is 0 Å². The molecule has 0 bridgehead atoms. The van der Waals surface area contributed by atoms with Crippen LogP contribution < -0.4 is 10.6 Å². The highest BCUT2D eigenvalue weighted by Crippen LogP contribution is 2.33. The number of anilines is 1. The van der Waals surface area contributed by atoms with Crippen molar-refractivity contribution in [2.75, 3.05) is 23.7 Å². The van der Waals surface area contributed by atoms with Crippen LogP contribution >= 0.6 is 11.8 Å². The maximum atomic E-state index is 13.2. The van der Waals surface area contributed by atoms with E-state index in [-0.39, 0.29) is 5.82 Å². The highest BCUT2D eigenvalue weighted by atomic mass is 32.2. The second kappa shape index (κ2) is 5.49. The Balaban J connectivity index is 2.21. The predicted octanol–water partition coefficient (Wildman–Crippen LogP) is 3.01. The van der Waals surface area contributed by atoms with Gasteiger partial charge in [-0.3, -0.25) is 0 Å². The maximum Gasteiger partial charge on any atom is 0.123 e. The standard InChI is InChI=1S/C14H21FN2S/c1-14(2)5-6-17(7-8-18-14)13-4-3-12(15)9-11(13)10-16/h3-4,9H,5-8,10,16H2,1-2H3. The molecular formula is C14H21FN2S. The first-order valence-corrected chi connectivity index (χ1v) is 7.38. The van der Waals surface area contributed by atoms with Crippen LogP contribution in [0.15, 0.2) is 18.2 Å². The minimum absolute atomic E-state index is 0.205. The zero-order valence-electron chi connectivity index (χ0n) is 11.1. The van der Waals surface area contributed by atoms with Gasteiger partial charge in [0, 0.05) is 35.8 Å². The van der Waals surface area contributed by atoms with Crippen molar-refractivity contribution in [3.63, 3.8) is 0 Å². The minimum Gasteiger partial charge on any atom is -0.370 e. The number of nitrogens with zero attached hydrogens (tertiary/aromatic N) is 1. The maximum absolute atomic E-state index is 13.2. The fourth-order valence-corrected chi connectivity index (χ4v) is 3.39. The molecule has 100 valence electrons. The Labute approximate surface area is 113 Å². The van der Waals surface area contributed by atoms with Gasteiger partial charge in [-0.15, -0.1) is 0 Å². The number of rotatable bonds is 2. The van der Waals surface area contributed by atoms with Crippen LogP contribution in [0, 0.1) is 5.82 Å². The second-order valence-corrected chi connectivity index (χ2v) is 7.12. The predicted molar refractivity (Wildman–Crippen MR) is 77.7 cm³/mol. The van der Waals surface area contributed by atoms with Crippen LogP contribution in [0.5, 0.6) is 0 Å². The van der Waals surface area contributed by atoms with E-state index in [9.17, 15) is 4.39 Å². The largest absolute Gasteiger partial charge is 0.370 e. The van der Waals surface area contributed by atoms with Gasteiger partial charge in [0.25, 0.3) is 0 Å². The lowest BCUT2D eigenvalue weighted by Crippen LogP contribution is -2.28. The van der Waals surface area contributed by atoms with E-state index < -0.39 is 0 Å². The Hall–Kier alpha value is -0.740. The number of thioether (sulfide) groups is 1. The summed E-state index contributed by atoms with van der Waals surface area (Å²) in [5.74, 6) is 0.901. The number of hydrogen-bond acceptors (Lipinski definition) is 3. The van der Waals surface area contributed by atoms with Crippen LogP contribution in [0.25, 0.3) is 0 Å². The quantitative estimate of drug-likeness (QED) is 0.894. The number of benzene rings is 1. The molecule has 18 heavy (non-hydrogen) atoms. The highest BCUT2D eigenvalue weighted by Gasteiger charge is 2.24. The van der Waals surface area contributed by atoms with Crippen molar-refractivity contribution in [1.82, 2.24) is 0 Å². The summed E-state index contributed by atoms with van der Waals surface area (Å²) in [6.07, 6.45) is 1.14. The van der Waals surface area contributed by atoms with Crippen molar-refractivity contribution >= 4 is 17.4 Å². The summed E-state index contributed by atoms with van der Waals surface area (Å²) in [6.45, 7) is 6.98. The first kappa shape index (κ1) is 13.7. The molecule has 0 spiro atoms. The molecule has 1 aliphatic rings. The number of hydrogen-bond donors (Lipinski definition) is 1. The SMILES string of the molecule is CC1(C)CCN(c2ccc(F)cc2CN)CCS1. The van der Waals surface area contributed by atoms with Gasteiger partial charge >= 0.3 is 0 Å². The van der Waals surface area contributed by atoms with E-state index in [1.54, 1.807) is 6.07 Å². The van der Waals surface area contributed by atoms with E-state index in [1.165, 1.54) is 6.07 Å². The molecule has 1 aromatic rings. The highest BCUT2D eigenvalue weighted by molar-refractivity contribution is 8.00. The summed E-state index contributed by atoms with van der Waals surface area (Å²) in [5, 5.41) is 0. The van der Waals surface area contributed by atoms with E-state index in [2.05, 4.69) is 18.7 Å². The van der Waals surface area contributed by atoms with Gasteiger partial charge in [-0.05, 0) is 30.2 Å². The average molecular weight is 268 g/mol. The fourth-order valence-electron chi connectivity index (χ4n) is 2.29. The van der Waals surface area contributed by atoms with Crippen molar-refractivity contribution in [3.8, 4) is 0 Å². The van der Waals surface area contributed by atoms with Crippen molar-refractivity contribution in [1.29, 1.82) is 0 Å². The summed E-state index contributed by atoms with van der Waals surface area (Å²) >= 11 is 2.01. The first-order valence-electron chi connectivity index (χ1n) is 6.39. The molecule has 0 radical (unpaired) electrons. The molecule has 2 rings (SSSR count). The molecule has 2 N–H and O–H groups in total. The van der Waals surface area contributed by atoms with Gasteiger partial charge in [0.2, 0.25) is 0 Å². The molecule has 0 aromatic heterocycles. The molecule has 1 heterocycles. The topological polar surface area (TPSA) is 29.3 Å². The molecule has 0 unspecified atom stereocenters. The fraction of sp³-hybridized carbons (Fsp3) is 0.571. The molecule has 0 amide bonds. The van der Waals surface area contributed by atoms with E-state index >= 15 is 0 Å². The summed E-state index contributed by atoms with van der Waals surface area (Å²) in [7, 11) is 0. The summed E-state index contributed by atoms with van der Waals surface area (Å²) < 4.78 is 13.6. The van der Waals surface area contributed by atoms with Gasteiger partial charge in [-0.1, -0.05) is 13.8 Å². The molecule has 0 atom stereocenters. The first-order chi connectivity index (χ1) is 8.52. The Kier molecular flexibility index (Phi) is 4.17. The van der Waals surface area contributed by atoms with Gasteiger partial charge < -0.3 is 10.6 Å². The monoisotopic (exact) mass is 268 g/mol. The number of nitrogens with two attached hydrogens (primary N) is 1. The third-order valence-electron chi connectivity index (χ3n) is 3.44. The molecule has 0 aliphatic carbocycles. The van der Waals surface area contributed by atoms with Crippen LogP contribution in [0.2, 0.25) is 0 Å².